The number of aryl methyl sites for hydroxylation is 2. The minimum Gasteiger partial charge on any atom is -0.292 e. The number of rotatable bonds is 2. The third-order valence-corrected chi connectivity index (χ3v) is 3.86. The van der Waals surface area contributed by atoms with Crippen LogP contribution in [0.5, 0.6) is 0 Å². The molecule has 0 bridgehead atoms. The van der Waals surface area contributed by atoms with E-state index in [1.54, 1.807) is 0 Å². The Balaban J connectivity index is 1.89. The molecule has 2 aromatic carbocycles. The molecular formula is C18H20N2. The minimum atomic E-state index is 0.354. The first-order valence-corrected chi connectivity index (χ1v) is 7.07. The van der Waals surface area contributed by atoms with Crippen molar-refractivity contribution in [2.75, 3.05) is 7.05 Å². The first-order valence-electron chi connectivity index (χ1n) is 7.07. The molecule has 0 saturated heterocycles. The number of hydrogen-bond donors (Lipinski definition) is 0. The Hall–Kier alpha value is -2.09. The van der Waals surface area contributed by atoms with E-state index >= 15 is 0 Å². The van der Waals surface area contributed by atoms with Crippen LogP contribution in [0.1, 0.15) is 34.7 Å². The lowest BCUT2D eigenvalue weighted by molar-refractivity contribution is 0.290. The van der Waals surface area contributed by atoms with Crippen molar-refractivity contribution in [3.05, 3.63) is 70.8 Å². The Kier molecular flexibility index (Phi) is 3.31. The first kappa shape index (κ1) is 12.9. The van der Waals surface area contributed by atoms with Gasteiger partial charge in [0.1, 0.15) is 0 Å². The zero-order chi connectivity index (χ0) is 14.1. The highest BCUT2D eigenvalue weighted by atomic mass is 15.5. The highest BCUT2D eigenvalue weighted by Crippen LogP contribution is 2.31. The van der Waals surface area contributed by atoms with Gasteiger partial charge in [-0.25, -0.2) is 0 Å². The molecule has 20 heavy (non-hydrogen) atoms. The molecule has 1 aliphatic rings. The summed E-state index contributed by atoms with van der Waals surface area (Å²) in [6.45, 7) is 4.29. The topological polar surface area (TPSA) is 15.6 Å². The standard InChI is InChI=1S/C18H20N2/c1-13-9-14(2)11-16(10-13)17-12-18(20(3)19-17)15-7-5-4-6-8-15/h4-11,18H,12H2,1-3H3. The van der Waals surface area contributed by atoms with Crippen LogP contribution in [0.4, 0.5) is 0 Å². The monoisotopic (exact) mass is 264 g/mol. The van der Waals surface area contributed by atoms with Crippen molar-refractivity contribution >= 4 is 5.71 Å². The van der Waals surface area contributed by atoms with Gasteiger partial charge in [-0.05, 0) is 25.0 Å². The molecule has 0 N–H and O–H groups in total. The number of nitrogens with zero attached hydrogens (tertiary/aromatic N) is 2. The van der Waals surface area contributed by atoms with E-state index in [4.69, 9.17) is 5.10 Å². The molecule has 0 radical (unpaired) electrons. The average Bonchev–Trinajstić information content (AvgIpc) is 2.81. The van der Waals surface area contributed by atoms with Gasteiger partial charge in [-0.3, -0.25) is 5.01 Å². The van der Waals surface area contributed by atoms with E-state index in [9.17, 15) is 0 Å². The fraction of sp³-hybridized carbons (Fsp3) is 0.278. The normalized spacial score (nSPS) is 18.2. The summed E-state index contributed by atoms with van der Waals surface area (Å²) in [7, 11) is 2.06. The van der Waals surface area contributed by atoms with Crippen LogP contribution in [0.25, 0.3) is 0 Å². The summed E-state index contributed by atoms with van der Waals surface area (Å²) in [5.74, 6) is 0. The third kappa shape index (κ3) is 2.46. The van der Waals surface area contributed by atoms with Gasteiger partial charge >= 0.3 is 0 Å². The van der Waals surface area contributed by atoms with E-state index in [0.717, 1.165) is 6.42 Å². The second kappa shape index (κ2) is 5.12. The largest absolute Gasteiger partial charge is 0.292 e. The van der Waals surface area contributed by atoms with Gasteiger partial charge in [0.25, 0.3) is 0 Å². The molecule has 3 rings (SSSR count). The van der Waals surface area contributed by atoms with Crippen molar-refractivity contribution in [2.24, 2.45) is 5.10 Å². The molecular weight excluding hydrogens is 244 g/mol. The smallest absolute Gasteiger partial charge is 0.0773 e. The molecule has 102 valence electrons. The van der Waals surface area contributed by atoms with Crippen LogP contribution in [0.2, 0.25) is 0 Å². The van der Waals surface area contributed by atoms with Gasteiger partial charge in [-0.1, -0.05) is 59.7 Å². The number of benzene rings is 2. The summed E-state index contributed by atoms with van der Waals surface area (Å²) >= 11 is 0. The van der Waals surface area contributed by atoms with Gasteiger partial charge in [0, 0.05) is 13.5 Å². The molecule has 1 atom stereocenters. The van der Waals surface area contributed by atoms with Crippen molar-refractivity contribution in [1.82, 2.24) is 5.01 Å². The predicted octanol–water partition coefficient (Wildman–Crippen LogP) is 4.08. The molecule has 1 unspecified atom stereocenters. The van der Waals surface area contributed by atoms with Gasteiger partial charge in [-0.15, -0.1) is 0 Å². The third-order valence-electron chi connectivity index (χ3n) is 3.86. The van der Waals surface area contributed by atoms with Gasteiger partial charge < -0.3 is 0 Å². The molecule has 0 saturated carbocycles. The Morgan fingerprint density at radius 3 is 2.30 bits per heavy atom. The van der Waals surface area contributed by atoms with Gasteiger partial charge in [-0.2, -0.15) is 5.10 Å². The molecule has 0 spiro atoms. The van der Waals surface area contributed by atoms with Crippen LogP contribution in [-0.4, -0.2) is 17.8 Å². The molecule has 0 aliphatic carbocycles. The van der Waals surface area contributed by atoms with Crippen LogP contribution in [0, 0.1) is 13.8 Å². The average molecular weight is 264 g/mol. The van der Waals surface area contributed by atoms with Crippen molar-refractivity contribution in [2.45, 2.75) is 26.3 Å². The summed E-state index contributed by atoms with van der Waals surface area (Å²) < 4.78 is 0. The van der Waals surface area contributed by atoms with Crippen molar-refractivity contribution in [3.8, 4) is 0 Å². The SMILES string of the molecule is Cc1cc(C)cc(C2=NN(C)C(c3ccccc3)C2)c1. The Morgan fingerprint density at radius 2 is 1.65 bits per heavy atom. The molecule has 2 heteroatoms. The summed E-state index contributed by atoms with van der Waals surface area (Å²) in [6, 6.07) is 17.6. The maximum atomic E-state index is 4.75. The first-order chi connectivity index (χ1) is 9.63. The van der Waals surface area contributed by atoms with Crippen LogP contribution in [0.3, 0.4) is 0 Å². The molecule has 1 aliphatic heterocycles. The lowest BCUT2D eigenvalue weighted by Gasteiger charge is -2.18. The highest BCUT2D eigenvalue weighted by Gasteiger charge is 2.25. The summed E-state index contributed by atoms with van der Waals surface area (Å²) in [6.07, 6.45) is 0.976. The lowest BCUT2D eigenvalue weighted by atomic mass is 9.97. The van der Waals surface area contributed by atoms with E-state index in [0.29, 0.717) is 6.04 Å². The zero-order valence-electron chi connectivity index (χ0n) is 12.3. The van der Waals surface area contributed by atoms with Crippen molar-refractivity contribution < 1.29 is 0 Å². The molecule has 0 aromatic heterocycles. The lowest BCUT2D eigenvalue weighted by Crippen LogP contribution is -2.13. The second-order valence-electron chi connectivity index (χ2n) is 5.63. The minimum absolute atomic E-state index is 0.354. The Bertz CT molecular complexity index is 623. The van der Waals surface area contributed by atoms with Gasteiger partial charge in [0.2, 0.25) is 0 Å². The van der Waals surface area contributed by atoms with Crippen LogP contribution in [0.15, 0.2) is 53.6 Å². The fourth-order valence-corrected chi connectivity index (χ4v) is 2.94. The number of hydrogen-bond acceptors (Lipinski definition) is 2. The Morgan fingerprint density at radius 1 is 1.00 bits per heavy atom. The predicted molar refractivity (Wildman–Crippen MR) is 84.0 cm³/mol. The maximum absolute atomic E-state index is 4.75. The number of hydrazone groups is 1. The van der Waals surface area contributed by atoms with Crippen LogP contribution < -0.4 is 0 Å². The highest BCUT2D eigenvalue weighted by molar-refractivity contribution is 6.02. The fourth-order valence-electron chi connectivity index (χ4n) is 2.94. The van der Waals surface area contributed by atoms with E-state index in [1.165, 1.54) is 28.0 Å². The van der Waals surface area contributed by atoms with E-state index in [-0.39, 0.29) is 0 Å². The van der Waals surface area contributed by atoms with Gasteiger partial charge in [0.15, 0.2) is 0 Å². The summed E-state index contributed by atoms with van der Waals surface area (Å²) in [4.78, 5) is 0. The van der Waals surface area contributed by atoms with Crippen molar-refractivity contribution in [1.29, 1.82) is 0 Å². The van der Waals surface area contributed by atoms with Crippen LogP contribution >= 0.6 is 0 Å². The second-order valence-corrected chi connectivity index (χ2v) is 5.63. The van der Waals surface area contributed by atoms with Crippen molar-refractivity contribution in [3.63, 3.8) is 0 Å². The van der Waals surface area contributed by atoms with Gasteiger partial charge in [0.05, 0.1) is 11.8 Å². The quantitative estimate of drug-likeness (QED) is 0.798. The van der Waals surface area contributed by atoms with E-state index in [2.05, 4.69) is 74.4 Å². The molecule has 0 fully saturated rings. The van der Waals surface area contributed by atoms with Crippen LogP contribution in [-0.2, 0) is 0 Å². The van der Waals surface area contributed by atoms with E-state index in [1.807, 2.05) is 0 Å². The zero-order valence-corrected chi connectivity index (χ0v) is 12.3. The summed E-state index contributed by atoms with van der Waals surface area (Å²) in [5, 5.41) is 6.83. The molecule has 0 amide bonds. The molecule has 2 nitrogen and oxygen atoms in total. The molecule has 1 heterocycles. The Labute approximate surface area is 120 Å². The molecule has 2 aromatic rings. The summed E-state index contributed by atoms with van der Waals surface area (Å²) in [5.41, 5.74) is 6.38. The maximum Gasteiger partial charge on any atom is 0.0773 e. The van der Waals surface area contributed by atoms with E-state index < -0.39 is 0 Å².